The maximum Gasteiger partial charge on any atom is 0.227 e. The molecule has 16 heavy (non-hydrogen) atoms. The molecule has 1 unspecified atom stereocenters. The van der Waals surface area contributed by atoms with Crippen LogP contribution in [0.4, 0.5) is 0 Å². The number of nitrogens with two attached hydrogens (primary N) is 1. The third-order valence-electron chi connectivity index (χ3n) is 2.18. The standard InChI is InChI=1S/C12H13ClN2O/c1-8(14)6-9-7-15-12(16-9)10-4-2-3-5-11(10)13/h2-5,7-8H,6,14H2,1H3. The quantitative estimate of drug-likeness (QED) is 0.892. The lowest BCUT2D eigenvalue weighted by Crippen LogP contribution is -2.17. The maximum atomic E-state index is 6.05. The van der Waals surface area contributed by atoms with Gasteiger partial charge in [-0.1, -0.05) is 23.7 Å². The van der Waals surface area contributed by atoms with Gasteiger partial charge in [0, 0.05) is 12.5 Å². The number of halogens is 1. The summed E-state index contributed by atoms with van der Waals surface area (Å²) in [5.74, 6) is 1.33. The fraction of sp³-hybridized carbons (Fsp3) is 0.250. The molecule has 0 aliphatic rings. The van der Waals surface area contributed by atoms with Gasteiger partial charge in [-0.2, -0.15) is 0 Å². The second kappa shape index (κ2) is 4.68. The van der Waals surface area contributed by atoms with E-state index in [-0.39, 0.29) is 6.04 Å². The van der Waals surface area contributed by atoms with E-state index in [1.807, 2.05) is 31.2 Å². The molecule has 1 aromatic carbocycles. The molecular weight excluding hydrogens is 224 g/mol. The molecule has 0 spiro atoms. The number of nitrogens with zero attached hydrogens (tertiary/aromatic N) is 1. The Hall–Kier alpha value is -1.32. The second-order valence-corrected chi connectivity index (χ2v) is 4.20. The molecule has 0 radical (unpaired) electrons. The summed E-state index contributed by atoms with van der Waals surface area (Å²) in [6.45, 7) is 1.93. The first kappa shape index (κ1) is 11.2. The largest absolute Gasteiger partial charge is 0.441 e. The van der Waals surface area contributed by atoms with Gasteiger partial charge in [-0.25, -0.2) is 4.98 Å². The van der Waals surface area contributed by atoms with Gasteiger partial charge in [0.2, 0.25) is 5.89 Å². The summed E-state index contributed by atoms with van der Waals surface area (Å²) in [6.07, 6.45) is 2.37. The van der Waals surface area contributed by atoms with Gasteiger partial charge < -0.3 is 10.2 Å². The summed E-state index contributed by atoms with van der Waals surface area (Å²) in [5.41, 5.74) is 6.49. The SMILES string of the molecule is CC(N)Cc1cnc(-c2ccccc2Cl)o1. The van der Waals surface area contributed by atoms with Crippen LogP contribution in [0, 0.1) is 0 Å². The molecule has 1 atom stereocenters. The molecule has 3 nitrogen and oxygen atoms in total. The van der Waals surface area contributed by atoms with Crippen molar-refractivity contribution in [2.24, 2.45) is 5.73 Å². The molecule has 0 saturated carbocycles. The van der Waals surface area contributed by atoms with Crippen molar-refractivity contribution in [3.8, 4) is 11.5 Å². The summed E-state index contributed by atoms with van der Waals surface area (Å²) in [5, 5.41) is 0.636. The van der Waals surface area contributed by atoms with E-state index in [4.69, 9.17) is 21.8 Å². The lowest BCUT2D eigenvalue weighted by molar-refractivity contribution is 0.500. The van der Waals surface area contributed by atoms with E-state index in [2.05, 4.69) is 4.98 Å². The summed E-state index contributed by atoms with van der Waals surface area (Å²) in [4.78, 5) is 4.19. The van der Waals surface area contributed by atoms with Crippen molar-refractivity contribution in [3.05, 3.63) is 41.2 Å². The van der Waals surface area contributed by atoms with Crippen LogP contribution in [-0.2, 0) is 6.42 Å². The van der Waals surface area contributed by atoms with E-state index < -0.39 is 0 Å². The Morgan fingerprint density at radius 3 is 2.88 bits per heavy atom. The van der Waals surface area contributed by atoms with Crippen molar-refractivity contribution < 1.29 is 4.42 Å². The first-order valence-corrected chi connectivity index (χ1v) is 5.50. The van der Waals surface area contributed by atoms with Gasteiger partial charge in [-0.05, 0) is 19.1 Å². The molecule has 0 aliphatic heterocycles. The van der Waals surface area contributed by atoms with Crippen LogP contribution in [0.25, 0.3) is 11.5 Å². The van der Waals surface area contributed by atoms with Crippen LogP contribution < -0.4 is 5.73 Å². The van der Waals surface area contributed by atoms with E-state index in [1.165, 1.54) is 0 Å². The molecule has 84 valence electrons. The average Bonchev–Trinajstić information content (AvgIpc) is 2.66. The van der Waals surface area contributed by atoms with Gasteiger partial charge in [0.15, 0.2) is 0 Å². The van der Waals surface area contributed by atoms with Crippen LogP contribution in [0.5, 0.6) is 0 Å². The van der Waals surface area contributed by atoms with Gasteiger partial charge in [-0.15, -0.1) is 0 Å². The van der Waals surface area contributed by atoms with Gasteiger partial charge in [-0.3, -0.25) is 0 Å². The Balaban J connectivity index is 2.28. The zero-order valence-electron chi connectivity index (χ0n) is 8.98. The number of rotatable bonds is 3. The normalized spacial score (nSPS) is 12.7. The van der Waals surface area contributed by atoms with Crippen LogP contribution in [0.15, 0.2) is 34.9 Å². The predicted octanol–water partition coefficient (Wildman–Crippen LogP) is 2.88. The Morgan fingerprint density at radius 1 is 1.44 bits per heavy atom. The molecule has 0 amide bonds. The molecule has 0 aliphatic carbocycles. The number of hydrogen-bond donors (Lipinski definition) is 1. The Morgan fingerprint density at radius 2 is 2.19 bits per heavy atom. The average molecular weight is 237 g/mol. The van der Waals surface area contributed by atoms with E-state index in [0.29, 0.717) is 17.3 Å². The molecule has 0 saturated heterocycles. The lowest BCUT2D eigenvalue weighted by atomic mass is 10.2. The molecule has 0 fully saturated rings. The first-order valence-electron chi connectivity index (χ1n) is 5.12. The number of benzene rings is 1. The molecule has 4 heteroatoms. The smallest absolute Gasteiger partial charge is 0.227 e. The molecule has 1 heterocycles. The van der Waals surface area contributed by atoms with Crippen LogP contribution in [-0.4, -0.2) is 11.0 Å². The summed E-state index contributed by atoms with van der Waals surface area (Å²) >= 11 is 6.05. The van der Waals surface area contributed by atoms with E-state index in [1.54, 1.807) is 6.20 Å². The van der Waals surface area contributed by atoms with E-state index in [9.17, 15) is 0 Å². The highest BCUT2D eigenvalue weighted by molar-refractivity contribution is 6.33. The molecule has 2 N–H and O–H groups in total. The van der Waals surface area contributed by atoms with Gasteiger partial charge in [0.1, 0.15) is 5.76 Å². The zero-order valence-corrected chi connectivity index (χ0v) is 9.74. The predicted molar refractivity (Wildman–Crippen MR) is 64.3 cm³/mol. The Labute approximate surface area is 99.2 Å². The van der Waals surface area contributed by atoms with Crippen LogP contribution in [0.2, 0.25) is 5.02 Å². The van der Waals surface area contributed by atoms with E-state index in [0.717, 1.165) is 11.3 Å². The molecule has 0 bridgehead atoms. The van der Waals surface area contributed by atoms with Crippen LogP contribution in [0.3, 0.4) is 0 Å². The fourth-order valence-electron chi connectivity index (χ4n) is 1.48. The van der Waals surface area contributed by atoms with E-state index >= 15 is 0 Å². The van der Waals surface area contributed by atoms with Crippen LogP contribution in [0.1, 0.15) is 12.7 Å². The highest BCUT2D eigenvalue weighted by atomic mass is 35.5. The van der Waals surface area contributed by atoms with Crippen molar-refractivity contribution in [1.82, 2.24) is 4.98 Å². The van der Waals surface area contributed by atoms with Crippen LogP contribution >= 0.6 is 11.6 Å². The molecule has 2 aromatic rings. The highest BCUT2D eigenvalue weighted by Gasteiger charge is 2.10. The Bertz CT molecular complexity index is 479. The van der Waals surface area contributed by atoms with Gasteiger partial charge in [0.05, 0.1) is 16.8 Å². The molecule has 1 aromatic heterocycles. The minimum Gasteiger partial charge on any atom is -0.441 e. The third kappa shape index (κ3) is 2.43. The Kier molecular flexibility index (Phi) is 3.27. The summed E-state index contributed by atoms with van der Waals surface area (Å²) in [7, 11) is 0. The van der Waals surface area contributed by atoms with Gasteiger partial charge >= 0.3 is 0 Å². The van der Waals surface area contributed by atoms with Crippen molar-refractivity contribution >= 4 is 11.6 Å². The topological polar surface area (TPSA) is 52.0 Å². The van der Waals surface area contributed by atoms with Gasteiger partial charge in [0.25, 0.3) is 0 Å². The second-order valence-electron chi connectivity index (χ2n) is 3.79. The van der Waals surface area contributed by atoms with Crippen molar-refractivity contribution in [3.63, 3.8) is 0 Å². The number of oxazole rings is 1. The zero-order chi connectivity index (χ0) is 11.5. The highest BCUT2D eigenvalue weighted by Crippen LogP contribution is 2.27. The van der Waals surface area contributed by atoms with Crippen molar-refractivity contribution in [2.45, 2.75) is 19.4 Å². The summed E-state index contributed by atoms with van der Waals surface area (Å²) < 4.78 is 5.59. The summed E-state index contributed by atoms with van der Waals surface area (Å²) in [6, 6.07) is 7.52. The fourth-order valence-corrected chi connectivity index (χ4v) is 1.69. The molecule has 2 rings (SSSR count). The molecular formula is C12H13ClN2O. The third-order valence-corrected chi connectivity index (χ3v) is 2.51. The monoisotopic (exact) mass is 236 g/mol. The minimum atomic E-state index is 0.0621. The first-order chi connectivity index (χ1) is 7.66. The number of hydrogen-bond acceptors (Lipinski definition) is 3. The lowest BCUT2D eigenvalue weighted by Gasteiger charge is -2.00. The maximum absolute atomic E-state index is 6.05. The number of aromatic nitrogens is 1. The van der Waals surface area contributed by atoms with Crippen molar-refractivity contribution in [2.75, 3.05) is 0 Å². The van der Waals surface area contributed by atoms with Crippen molar-refractivity contribution in [1.29, 1.82) is 0 Å². The minimum absolute atomic E-state index is 0.0621.